The number of para-hydroxylation sites is 1. The Hall–Kier alpha value is -2.58. The minimum absolute atomic E-state index is 0.0109. The maximum Gasteiger partial charge on any atom is 0.247 e. The molecule has 1 aromatic carbocycles. The second kappa shape index (κ2) is 11.2. The third kappa shape index (κ3) is 5.02. The highest BCUT2D eigenvalue weighted by atomic mass is 32.2. The molecule has 7 nitrogen and oxygen atoms in total. The number of benzene rings is 1. The van der Waals surface area contributed by atoms with Crippen LogP contribution in [0.25, 0.3) is 0 Å². The van der Waals surface area contributed by atoms with Crippen LogP contribution in [0.2, 0.25) is 0 Å². The number of fused-ring (bicyclic) bond motifs is 2. The fourth-order valence-corrected chi connectivity index (χ4v) is 10.0. The van der Waals surface area contributed by atoms with Crippen LogP contribution in [0.4, 0.5) is 5.69 Å². The average Bonchev–Trinajstić information content (AvgIpc) is 3.23. The molecule has 0 bridgehead atoms. The van der Waals surface area contributed by atoms with Crippen LogP contribution in [-0.2, 0) is 14.4 Å². The summed E-state index contributed by atoms with van der Waals surface area (Å²) in [6, 6.07) is 8.27. The summed E-state index contributed by atoms with van der Waals surface area (Å²) in [6.45, 7) is 15.5. The second-order valence-corrected chi connectivity index (χ2v) is 15.8. The lowest BCUT2D eigenvalue weighted by Gasteiger charge is -2.46. The van der Waals surface area contributed by atoms with Gasteiger partial charge in [-0.1, -0.05) is 83.5 Å². The summed E-state index contributed by atoms with van der Waals surface area (Å²) in [5.41, 5.74) is 0.326. The molecule has 8 heteroatoms. The van der Waals surface area contributed by atoms with Crippen molar-refractivity contribution in [2.45, 2.75) is 88.9 Å². The molecule has 4 heterocycles. The van der Waals surface area contributed by atoms with Crippen LogP contribution >= 0.6 is 11.8 Å². The molecule has 1 N–H and O–H groups in total. The topological polar surface area (TPSA) is 81.2 Å². The Balaban J connectivity index is 1.64. The Bertz CT molecular complexity index is 1270. The Kier molecular flexibility index (Phi) is 8.20. The second-order valence-electron chi connectivity index (χ2n) is 14.3. The number of carbonyl (C=O) groups excluding carboxylic acids is 3. The van der Waals surface area contributed by atoms with Gasteiger partial charge >= 0.3 is 0 Å². The number of rotatable bonds is 7. The lowest BCUT2D eigenvalue weighted by Crippen LogP contribution is -2.61. The van der Waals surface area contributed by atoms with E-state index < -0.39 is 34.2 Å². The molecule has 7 atom stereocenters. The van der Waals surface area contributed by atoms with Crippen LogP contribution in [0.3, 0.4) is 0 Å². The van der Waals surface area contributed by atoms with Gasteiger partial charge in [0.05, 0.1) is 29.2 Å². The van der Waals surface area contributed by atoms with Gasteiger partial charge in [0.2, 0.25) is 17.7 Å². The van der Waals surface area contributed by atoms with Crippen LogP contribution in [0.15, 0.2) is 54.6 Å². The number of hydrogen-bond acceptors (Lipinski definition) is 5. The third-order valence-electron chi connectivity index (χ3n) is 9.70. The van der Waals surface area contributed by atoms with Gasteiger partial charge in [-0.15, -0.1) is 11.8 Å². The van der Waals surface area contributed by atoms with Crippen LogP contribution < -0.4 is 4.90 Å². The van der Waals surface area contributed by atoms with Crippen molar-refractivity contribution >= 4 is 35.2 Å². The van der Waals surface area contributed by atoms with E-state index in [0.717, 1.165) is 18.5 Å². The molecule has 0 saturated carbocycles. The average molecular weight is 594 g/mol. The number of hydrogen-bond donors (Lipinski definition) is 1. The largest absolute Gasteiger partial charge is 0.394 e. The molecule has 3 amide bonds. The van der Waals surface area contributed by atoms with E-state index >= 15 is 0 Å². The zero-order valence-electron chi connectivity index (χ0n) is 26.1. The number of thioether (sulfide) groups is 1. The first-order valence-corrected chi connectivity index (χ1v) is 16.3. The highest BCUT2D eigenvalue weighted by Gasteiger charge is 2.72. The van der Waals surface area contributed by atoms with E-state index in [1.54, 1.807) is 21.6 Å². The summed E-state index contributed by atoms with van der Waals surface area (Å²) < 4.78 is -0.906. The Morgan fingerprint density at radius 1 is 1.00 bits per heavy atom. The van der Waals surface area contributed by atoms with Crippen LogP contribution in [0, 0.1) is 23.2 Å². The van der Waals surface area contributed by atoms with Gasteiger partial charge in [-0.25, -0.2) is 0 Å². The molecule has 2 saturated heterocycles. The fraction of sp³-hybridized carbons (Fsp3) is 0.618. The van der Waals surface area contributed by atoms with Gasteiger partial charge in [-0.2, -0.15) is 0 Å². The molecule has 2 fully saturated rings. The Labute approximate surface area is 255 Å². The minimum atomic E-state index is -0.906. The quantitative estimate of drug-likeness (QED) is 0.455. The first-order chi connectivity index (χ1) is 19.8. The van der Waals surface area contributed by atoms with Gasteiger partial charge in [0.15, 0.2) is 0 Å². The van der Waals surface area contributed by atoms with E-state index in [0.29, 0.717) is 13.1 Å². The molecular weight excluding hydrogens is 546 g/mol. The van der Waals surface area contributed by atoms with E-state index in [9.17, 15) is 19.5 Å². The summed E-state index contributed by atoms with van der Waals surface area (Å²) in [5, 5.41) is 10.5. The normalized spacial score (nSPS) is 31.0. The highest BCUT2D eigenvalue weighted by Crippen LogP contribution is 2.62. The molecular formula is C34H47N3O4S. The highest BCUT2D eigenvalue weighted by molar-refractivity contribution is 8.02. The molecule has 0 aromatic heterocycles. The molecule has 1 aromatic rings. The van der Waals surface area contributed by atoms with Crippen LogP contribution in [0.5, 0.6) is 0 Å². The van der Waals surface area contributed by atoms with Crippen LogP contribution in [-0.4, -0.2) is 79.9 Å². The number of likely N-dealkylation sites (tertiary alicyclic amines) is 1. The van der Waals surface area contributed by atoms with Crippen molar-refractivity contribution in [3.8, 4) is 0 Å². The van der Waals surface area contributed by atoms with Gasteiger partial charge in [-0.05, 0) is 43.7 Å². The number of amides is 3. The molecule has 42 heavy (non-hydrogen) atoms. The standard InChI is InChI=1S/C34H47N3O4S/c1-8-22(2)24(20-38)37-28-31(41)36(33(6,7)21-32(3,4)5)19-13-17-34(28)27(30(37)40)26-25(42-34)16-12-18-35(29(26)39)23-14-10-9-11-15-23/h9-17,22,24-28,38H,8,18-21H2,1-7H3/t22-,24-,25+,26-,27-,28?,34-/m0/s1. The van der Waals surface area contributed by atoms with E-state index in [1.807, 2.05) is 61.2 Å². The number of anilines is 1. The first kappa shape index (κ1) is 30.9. The summed E-state index contributed by atoms with van der Waals surface area (Å²) in [7, 11) is 0. The molecule has 0 aliphatic carbocycles. The van der Waals surface area contributed by atoms with E-state index in [4.69, 9.17) is 0 Å². The summed E-state index contributed by atoms with van der Waals surface area (Å²) in [4.78, 5) is 49.5. The summed E-state index contributed by atoms with van der Waals surface area (Å²) in [5.74, 6) is -1.70. The minimum Gasteiger partial charge on any atom is -0.394 e. The number of carbonyl (C=O) groups is 3. The Morgan fingerprint density at radius 2 is 1.69 bits per heavy atom. The number of nitrogens with zero attached hydrogens (tertiary/aromatic N) is 3. The molecule has 1 unspecified atom stereocenters. The lowest BCUT2D eigenvalue weighted by molar-refractivity contribution is -0.150. The van der Waals surface area contributed by atoms with Crippen molar-refractivity contribution < 1.29 is 19.5 Å². The van der Waals surface area contributed by atoms with Crippen molar-refractivity contribution in [1.82, 2.24) is 9.80 Å². The maximum atomic E-state index is 14.9. The molecule has 5 rings (SSSR count). The van der Waals surface area contributed by atoms with Gasteiger partial charge in [0.25, 0.3) is 0 Å². The monoisotopic (exact) mass is 593 g/mol. The van der Waals surface area contributed by atoms with Crippen molar-refractivity contribution in [1.29, 1.82) is 0 Å². The van der Waals surface area contributed by atoms with E-state index in [2.05, 4.69) is 46.8 Å². The first-order valence-electron chi connectivity index (χ1n) is 15.4. The summed E-state index contributed by atoms with van der Waals surface area (Å²) >= 11 is 1.60. The van der Waals surface area contributed by atoms with Gasteiger partial charge in [0, 0.05) is 29.6 Å². The number of aliphatic hydroxyl groups is 1. The molecule has 4 aliphatic rings. The van der Waals surface area contributed by atoms with E-state index in [-0.39, 0.29) is 40.9 Å². The molecule has 228 valence electrons. The molecule has 0 radical (unpaired) electrons. The Morgan fingerprint density at radius 3 is 2.31 bits per heavy atom. The summed E-state index contributed by atoms with van der Waals surface area (Å²) in [6.07, 6.45) is 9.76. The van der Waals surface area contributed by atoms with Crippen LogP contribution in [0.1, 0.15) is 61.3 Å². The third-order valence-corrected chi connectivity index (χ3v) is 11.4. The van der Waals surface area contributed by atoms with Gasteiger partial charge < -0.3 is 19.8 Å². The molecule has 1 spiro atoms. The predicted octanol–water partition coefficient (Wildman–Crippen LogP) is 4.91. The fourth-order valence-electron chi connectivity index (χ4n) is 8.03. The van der Waals surface area contributed by atoms with Crippen molar-refractivity contribution in [3.63, 3.8) is 0 Å². The predicted molar refractivity (Wildman–Crippen MR) is 169 cm³/mol. The zero-order valence-corrected chi connectivity index (χ0v) is 26.9. The smallest absolute Gasteiger partial charge is 0.247 e. The van der Waals surface area contributed by atoms with Crippen molar-refractivity contribution in [2.24, 2.45) is 23.2 Å². The van der Waals surface area contributed by atoms with Gasteiger partial charge in [0.1, 0.15) is 6.04 Å². The molecule has 4 aliphatic heterocycles. The van der Waals surface area contributed by atoms with Crippen molar-refractivity contribution in [3.05, 3.63) is 54.6 Å². The number of aliphatic hydroxyl groups excluding tert-OH is 1. The lowest BCUT2D eigenvalue weighted by atomic mass is 9.77. The van der Waals surface area contributed by atoms with Crippen molar-refractivity contribution in [2.75, 3.05) is 24.6 Å². The maximum absolute atomic E-state index is 14.9. The SMILES string of the molecule is CC[C@H](C)[C@H](CO)N1C(=O)[C@@H]2[C@H]3C(=O)N(c4ccccc4)CC=C[C@H]3S[C@@]23C=CCN(C(C)(C)CC(C)(C)C)C(=O)C13. The zero-order chi connectivity index (χ0) is 30.6. The van der Waals surface area contributed by atoms with E-state index in [1.165, 1.54) is 0 Å². The van der Waals surface area contributed by atoms with Gasteiger partial charge in [-0.3, -0.25) is 14.4 Å².